The Morgan fingerprint density at radius 2 is 1.69 bits per heavy atom. The lowest BCUT2D eigenvalue weighted by Crippen LogP contribution is -2.62. The van der Waals surface area contributed by atoms with Gasteiger partial charge in [-0.3, -0.25) is 9.59 Å². The van der Waals surface area contributed by atoms with Gasteiger partial charge in [-0.05, 0) is 48.4 Å². The number of hydrogen-bond acceptors (Lipinski definition) is 5. The summed E-state index contributed by atoms with van der Waals surface area (Å²) in [5.74, 6) is 0.273. The van der Waals surface area contributed by atoms with E-state index >= 15 is 0 Å². The molecule has 1 fully saturated rings. The smallest absolute Gasteiger partial charge is 0.308 e. The Morgan fingerprint density at radius 3 is 2.23 bits per heavy atom. The number of amides is 1. The van der Waals surface area contributed by atoms with Crippen LogP contribution in [0.1, 0.15) is 12.5 Å². The molecule has 134 valence electrons. The van der Waals surface area contributed by atoms with Crippen molar-refractivity contribution in [3.63, 3.8) is 0 Å². The maximum absolute atomic E-state index is 12.6. The van der Waals surface area contributed by atoms with Gasteiger partial charge in [0.25, 0.3) is 0 Å². The molecule has 3 rings (SSSR count). The van der Waals surface area contributed by atoms with E-state index in [1.165, 1.54) is 11.8 Å². The fourth-order valence-electron chi connectivity index (χ4n) is 3.09. The third kappa shape index (κ3) is 3.44. The van der Waals surface area contributed by atoms with Crippen molar-refractivity contribution < 1.29 is 23.9 Å². The van der Waals surface area contributed by atoms with E-state index in [9.17, 15) is 14.4 Å². The van der Waals surface area contributed by atoms with E-state index in [2.05, 4.69) is 0 Å². The minimum Gasteiger partial charge on any atom is -0.497 e. The highest BCUT2D eigenvalue weighted by molar-refractivity contribution is 6.08. The molecule has 0 saturated carbocycles. The Bertz CT molecular complexity index is 813. The van der Waals surface area contributed by atoms with Gasteiger partial charge in [-0.25, -0.2) is 0 Å². The van der Waals surface area contributed by atoms with Gasteiger partial charge in [0.15, 0.2) is 0 Å². The maximum Gasteiger partial charge on any atom is 0.308 e. The van der Waals surface area contributed by atoms with Gasteiger partial charge in [-0.2, -0.15) is 0 Å². The molecule has 1 aliphatic rings. The van der Waals surface area contributed by atoms with Crippen molar-refractivity contribution in [3.05, 3.63) is 54.1 Å². The molecule has 6 nitrogen and oxygen atoms in total. The molecule has 2 aromatic rings. The number of β-lactam (4-membered cyclic amide) rings is 1. The Kier molecular flexibility index (Phi) is 5.02. The van der Waals surface area contributed by atoms with Crippen LogP contribution in [0.15, 0.2) is 48.5 Å². The second kappa shape index (κ2) is 7.39. The van der Waals surface area contributed by atoms with Gasteiger partial charge in [0.05, 0.1) is 13.0 Å². The number of hydrogen-bond donors (Lipinski definition) is 0. The first kappa shape index (κ1) is 17.7. The Balaban J connectivity index is 1.70. The van der Waals surface area contributed by atoms with E-state index in [0.717, 1.165) is 11.8 Å². The highest BCUT2D eigenvalue weighted by Gasteiger charge is 2.47. The molecule has 0 aliphatic carbocycles. The number of nitrogens with zero attached hydrogens (tertiary/aromatic N) is 1. The van der Waals surface area contributed by atoms with Gasteiger partial charge >= 0.3 is 5.97 Å². The summed E-state index contributed by atoms with van der Waals surface area (Å²) in [5.41, 5.74) is 1.58. The van der Waals surface area contributed by atoms with Crippen molar-refractivity contribution in [3.8, 4) is 11.5 Å². The summed E-state index contributed by atoms with van der Waals surface area (Å²) in [5, 5.41) is 0. The fourth-order valence-corrected chi connectivity index (χ4v) is 3.09. The standard InChI is InChI=1S/C20H19NO5/c1-13(23)26-17-7-3-14(4-8-17)11-18-19(12-22)21(20(18)24)15-5-9-16(25-2)10-6-15/h3-10,12,18-19H,11H2,1-2H3/t18-,19+/m0/s1. The first-order valence-electron chi connectivity index (χ1n) is 8.23. The molecule has 0 aromatic heterocycles. The number of esters is 1. The number of carbonyl (C=O) groups excluding carboxylic acids is 3. The molecule has 0 bridgehead atoms. The summed E-state index contributed by atoms with van der Waals surface area (Å²) in [4.78, 5) is 36.6. The zero-order valence-corrected chi connectivity index (χ0v) is 14.5. The molecule has 0 spiro atoms. The van der Waals surface area contributed by atoms with E-state index < -0.39 is 12.0 Å². The third-order valence-electron chi connectivity index (χ3n) is 4.40. The lowest BCUT2D eigenvalue weighted by Gasteiger charge is -2.44. The van der Waals surface area contributed by atoms with Gasteiger partial charge in [-0.15, -0.1) is 0 Å². The average molecular weight is 353 g/mol. The van der Waals surface area contributed by atoms with Crippen LogP contribution in [0.2, 0.25) is 0 Å². The summed E-state index contributed by atoms with van der Waals surface area (Å²) in [7, 11) is 1.57. The predicted octanol–water partition coefficient (Wildman–Crippen LogP) is 2.39. The van der Waals surface area contributed by atoms with Crippen molar-refractivity contribution in [2.45, 2.75) is 19.4 Å². The van der Waals surface area contributed by atoms with Crippen molar-refractivity contribution >= 4 is 23.9 Å². The Labute approximate surface area is 151 Å². The van der Waals surface area contributed by atoms with Crippen molar-refractivity contribution in [2.75, 3.05) is 12.0 Å². The fraction of sp³-hybridized carbons (Fsp3) is 0.250. The number of benzene rings is 2. The molecular weight excluding hydrogens is 334 g/mol. The first-order valence-corrected chi connectivity index (χ1v) is 8.23. The van der Waals surface area contributed by atoms with E-state index in [4.69, 9.17) is 9.47 Å². The van der Waals surface area contributed by atoms with Crippen LogP contribution in [0.5, 0.6) is 11.5 Å². The van der Waals surface area contributed by atoms with Crippen LogP contribution in [-0.2, 0) is 20.8 Å². The summed E-state index contributed by atoms with van der Waals surface area (Å²) < 4.78 is 10.1. The molecule has 1 heterocycles. The normalized spacial score (nSPS) is 18.8. The van der Waals surface area contributed by atoms with Gasteiger partial charge in [-0.1, -0.05) is 12.1 Å². The van der Waals surface area contributed by atoms with E-state index in [-0.39, 0.29) is 11.9 Å². The van der Waals surface area contributed by atoms with E-state index in [1.54, 1.807) is 55.6 Å². The van der Waals surface area contributed by atoms with Crippen LogP contribution >= 0.6 is 0 Å². The highest BCUT2D eigenvalue weighted by atomic mass is 16.5. The largest absolute Gasteiger partial charge is 0.497 e. The maximum atomic E-state index is 12.6. The van der Waals surface area contributed by atoms with E-state index in [0.29, 0.717) is 23.6 Å². The summed E-state index contributed by atoms with van der Waals surface area (Å²) in [6, 6.07) is 13.5. The van der Waals surface area contributed by atoms with Gasteiger partial charge in [0.2, 0.25) is 5.91 Å². The molecule has 2 aromatic carbocycles. The number of carbonyl (C=O) groups is 3. The number of ether oxygens (including phenoxy) is 2. The topological polar surface area (TPSA) is 72.9 Å². The first-order chi connectivity index (χ1) is 12.5. The molecule has 1 aliphatic heterocycles. The van der Waals surface area contributed by atoms with Crippen molar-refractivity contribution in [2.24, 2.45) is 5.92 Å². The van der Waals surface area contributed by atoms with Crippen LogP contribution in [0.3, 0.4) is 0 Å². The number of rotatable bonds is 6. The Morgan fingerprint density at radius 1 is 1.08 bits per heavy atom. The highest BCUT2D eigenvalue weighted by Crippen LogP contribution is 2.34. The minimum atomic E-state index is -0.496. The quantitative estimate of drug-likeness (QED) is 0.345. The molecular formula is C20H19NO5. The number of aldehydes is 1. The van der Waals surface area contributed by atoms with Crippen LogP contribution in [0, 0.1) is 5.92 Å². The molecule has 1 amide bonds. The Hall–Kier alpha value is -3.15. The summed E-state index contributed by atoms with van der Waals surface area (Å²) in [6.07, 6.45) is 1.26. The lowest BCUT2D eigenvalue weighted by molar-refractivity contribution is -0.133. The van der Waals surface area contributed by atoms with Crippen LogP contribution < -0.4 is 14.4 Å². The lowest BCUT2D eigenvalue weighted by atomic mass is 9.82. The number of anilines is 1. The zero-order valence-electron chi connectivity index (χ0n) is 14.5. The van der Waals surface area contributed by atoms with E-state index in [1.807, 2.05) is 0 Å². The molecule has 0 N–H and O–H groups in total. The molecule has 26 heavy (non-hydrogen) atoms. The minimum absolute atomic E-state index is 0.0867. The van der Waals surface area contributed by atoms with Crippen molar-refractivity contribution in [1.29, 1.82) is 0 Å². The van der Waals surface area contributed by atoms with Crippen LogP contribution in [0.4, 0.5) is 5.69 Å². The average Bonchev–Trinajstić information content (AvgIpc) is 2.65. The van der Waals surface area contributed by atoms with Crippen molar-refractivity contribution in [1.82, 2.24) is 0 Å². The molecule has 2 atom stereocenters. The zero-order chi connectivity index (χ0) is 18.7. The predicted molar refractivity (Wildman–Crippen MR) is 95.3 cm³/mol. The molecule has 0 unspecified atom stereocenters. The molecule has 1 saturated heterocycles. The SMILES string of the molecule is COc1ccc(N2C(=O)[C@@H](Cc3ccc(OC(C)=O)cc3)[C@H]2C=O)cc1. The number of methoxy groups -OCH3 is 1. The summed E-state index contributed by atoms with van der Waals surface area (Å²) in [6.45, 7) is 1.34. The molecule has 6 heteroatoms. The summed E-state index contributed by atoms with van der Waals surface area (Å²) >= 11 is 0. The molecule has 0 radical (unpaired) electrons. The monoisotopic (exact) mass is 353 g/mol. The third-order valence-corrected chi connectivity index (χ3v) is 4.40. The second-order valence-corrected chi connectivity index (χ2v) is 6.08. The van der Waals surface area contributed by atoms with Crippen LogP contribution in [-0.4, -0.2) is 31.3 Å². The van der Waals surface area contributed by atoms with Gasteiger partial charge < -0.3 is 19.2 Å². The van der Waals surface area contributed by atoms with Gasteiger partial charge in [0, 0.05) is 12.6 Å². The van der Waals surface area contributed by atoms with Crippen LogP contribution in [0.25, 0.3) is 0 Å². The second-order valence-electron chi connectivity index (χ2n) is 6.08. The van der Waals surface area contributed by atoms with Gasteiger partial charge in [0.1, 0.15) is 23.8 Å².